The number of benzene rings is 2. The fraction of sp³-hybridized carbons (Fsp3) is 0.348. The Morgan fingerprint density at radius 3 is 2.23 bits per heavy atom. The van der Waals surface area contributed by atoms with Crippen LogP contribution in [0.3, 0.4) is 0 Å². The van der Waals surface area contributed by atoms with Gasteiger partial charge in [0.15, 0.2) is 0 Å². The summed E-state index contributed by atoms with van der Waals surface area (Å²) in [5.41, 5.74) is 1.19. The summed E-state index contributed by atoms with van der Waals surface area (Å²) in [4.78, 5) is 38.0. The monoisotopic (exact) mass is 499 g/mol. The minimum Gasteiger partial charge on any atom is -0.497 e. The summed E-state index contributed by atoms with van der Waals surface area (Å²) >= 11 is 0. The van der Waals surface area contributed by atoms with Gasteiger partial charge in [0.2, 0.25) is 5.91 Å². The zero-order valence-corrected chi connectivity index (χ0v) is 18.8. The lowest BCUT2D eigenvalue weighted by Crippen LogP contribution is -2.50. The lowest BCUT2D eigenvalue weighted by molar-refractivity contribution is -0.192. The number of hydrogen-bond acceptors (Lipinski definition) is 5. The lowest BCUT2D eigenvalue weighted by Gasteiger charge is -2.30. The third kappa shape index (κ3) is 8.89. The number of amides is 2. The molecule has 0 aromatic heterocycles. The highest BCUT2D eigenvalue weighted by Crippen LogP contribution is 2.17. The molecule has 2 N–H and O–H groups in total. The van der Waals surface area contributed by atoms with Crippen molar-refractivity contribution in [1.29, 1.82) is 0 Å². The second kappa shape index (κ2) is 12.7. The third-order valence-corrected chi connectivity index (χ3v) is 4.93. The van der Waals surface area contributed by atoms with Crippen LogP contribution in [0.5, 0.6) is 5.75 Å². The summed E-state index contributed by atoms with van der Waals surface area (Å²) in [6.07, 6.45) is -5.08. The van der Waals surface area contributed by atoms with Crippen LogP contribution in [0.1, 0.15) is 15.9 Å². The molecule has 2 aromatic rings. The number of piperazine rings is 1. The summed E-state index contributed by atoms with van der Waals surface area (Å²) < 4.78 is 50.2. The van der Waals surface area contributed by atoms with Crippen molar-refractivity contribution in [3.05, 3.63) is 65.5 Å². The molecule has 0 unspecified atom stereocenters. The van der Waals surface area contributed by atoms with Crippen LogP contribution in [0.25, 0.3) is 0 Å². The highest BCUT2D eigenvalue weighted by Gasteiger charge is 2.38. The van der Waals surface area contributed by atoms with E-state index in [9.17, 15) is 27.2 Å². The standard InChI is InChI=1S/C21H24FN3O3.C2HF3O2/c1-28-19-4-2-3-17(13-19)21(27)25(14-16-5-7-18(22)8-6-16)15-20(26)24-11-9-23-10-12-24;3-2(4,5)1(6)7/h2-8,13,23H,9-12,14-15H2,1H3;(H,6,7). The minimum atomic E-state index is -5.08. The molecule has 3 rings (SSSR count). The molecule has 0 saturated carbocycles. The Balaban J connectivity index is 0.000000540. The molecule has 0 atom stereocenters. The van der Waals surface area contributed by atoms with Gasteiger partial charge in [-0.3, -0.25) is 9.59 Å². The molecule has 1 saturated heterocycles. The second-order valence-corrected chi connectivity index (χ2v) is 7.45. The molecule has 1 heterocycles. The predicted octanol–water partition coefficient (Wildman–Crippen LogP) is 2.54. The van der Waals surface area contributed by atoms with Gasteiger partial charge in [0.05, 0.1) is 7.11 Å². The van der Waals surface area contributed by atoms with Crippen LogP contribution < -0.4 is 10.1 Å². The van der Waals surface area contributed by atoms with E-state index in [0.29, 0.717) is 24.4 Å². The number of carbonyl (C=O) groups excluding carboxylic acids is 2. The van der Waals surface area contributed by atoms with Crippen molar-refractivity contribution in [2.24, 2.45) is 0 Å². The normalized spacial score (nSPS) is 13.3. The summed E-state index contributed by atoms with van der Waals surface area (Å²) in [6, 6.07) is 12.8. The van der Waals surface area contributed by atoms with Gasteiger partial charge in [0.1, 0.15) is 18.1 Å². The first-order valence-electron chi connectivity index (χ1n) is 10.5. The zero-order valence-electron chi connectivity index (χ0n) is 18.8. The summed E-state index contributed by atoms with van der Waals surface area (Å²) in [5, 5.41) is 10.3. The fourth-order valence-electron chi connectivity index (χ4n) is 3.13. The average molecular weight is 499 g/mol. The molecule has 12 heteroatoms. The molecule has 2 aromatic carbocycles. The molecule has 0 radical (unpaired) electrons. The van der Waals surface area contributed by atoms with E-state index in [-0.39, 0.29) is 30.7 Å². The van der Waals surface area contributed by atoms with Gasteiger partial charge < -0.3 is 25.0 Å². The first-order valence-corrected chi connectivity index (χ1v) is 10.5. The Labute approximate surface area is 199 Å². The van der Waals surface area contributed by atoms with E-state index < -0.39 is 12.1 Å². The topological polar surface area (TPSA) is 99.2 Å². The van der Waals surface area contributed by atoms with Crippen molar-refractivity contribution in [2.75, 3.05) is 39.8 Å². The molecule has 8 nitrogen and oxygen atoms in total. The summed E-state index contributed by atoms with van der Waals surface area (Å²) in [5.74, 6) is -2.90. The number of hydrogen-bond donors (Lipinski definition) is 2. The molecule has 2 amide bonds. The van der Waals surface area contributed by atoms with Gasteiger partial charge in [-0.1, -0.05) is 18.2 Å². The van der Waals surface area contributed by atoms with E-state index >= 15 is 0 Å². The van der Waals surface area contributed by atoms with Crippen molar-refractivity contribution < 1.29 is 41.8 Å². The highest BCUT2D eigenvalue weighted by molar-refractivity contribution is 5.96. The van der Waals surface area contributed by atoms with Crippen LogP contribution in [0, 0.1) is 5.82 Å². The number of aliphatic carboxylic acids is 1. The number of carboxylic acids is 1. The molecular formula is C23H25F4N3O5. The maximum Gasteiger partial charge on any atom is 0.490 e. The number of rotatable bonds is 6. The van der Waals surface area contributed by atoms with Crippen molar-refractivity contribution >= 4 is 17.8 Å². The molecule has 35 heavy (non-hydrogen) atoms. The second-order valence-electron chi connectivity index (χ2n) is 7.45. The van der Waals surface area contributed by atoms with Gasteiger partial charge in [-0.2, -0.15) is 13.2 Å². The lowest BCUT2D eigenvalue weighted by atomic mass is 10.1. The number of nitrogens with zero attached hydrogens (tertiary/aromatic N) is 2. The summed E-state index contributed by atoms with van der Waals surface area (Å²) in [6.45, 7) is 2.91. The van der Waals surface area contributed by atoms with Crippen molar-refractivity contribution in [1.82, 2.24) is 15.1 Å². The van der Waals surface area contributed by atoms with E-state index in [1.807, 2.05) is 0 Å². The van der Waals surface area contributed by atoms with Crippen molar-refractivity contribution in [3.8, 4) is 5.75 Å². The molecule has 0 aliphatic carbocycles. The maximum absolute atomic E-state index is 13.2. The molecular weight excluding hydrogens is 474 g/mol. The van der Waals surface area contributed by atoms with Gasteiger partial charge in [-0.25, -0.2) is 9.18 Å². The van der Waals surface area contributed by atoms with E-state index in [4.69, 9.17) is 14.6 Å². The molecule has 190 valence electrons. The average Bonchev–Trinajstić information content (AvgIpc) is 2.84. The van der Waals surface area contributed by atoms with Gasteiger partial charge >= 0.3 is 12.1 Å². The Morgan fingerprint density at radius 2 is 1.69 bits per heavy atom. The van der Waals surface area contributed by atoms with Gasteiger partial charge in [0, 0.05) is 38.3 Å². The van der Waals surface area contributed by atoms with Crippen LogP contribution in [-0.4, -0.2) is 78.7 Å². The van der Waals surface area contributed by atoms with Gasteiger partial charge in [0.25, 0.3) is 5.91 Å². The van der Waals surface area contributed by atoms with Crippen LogP contribution in [0.15, 0.2) is 48.5 Å². The first-order chi connectivity index (χ1) is 16.5. The van der Waals surface area contributed by atoms with E-state index in [1.165, 1.54) is 24.1 Å². The number of carboxylic acid groups (broad SMARTS) is 1. The van der Waals surface area contributed by atoms with E-state index in [2.05, 4.69) is 5.32 Å². The minimum absolute atomic E-state index is 0.0343. The van der Waals surface area contributed by atoms with Gasteiger partial charge in [-0.15, -0.1) is 0 Å². The maximum atomic E-state index is 13.2. The van der Waals surface area contributed by atoms with E-state index in [1.54, 1.807) is 41.3 Å². The SMILES string of the molecule is COc1cccc(C(=O)N(CC(=O)N2CCNCC2)Cc2ccc(F)cc2)c1.O=C(O)C(F)(F)F. The Kier molecular flexibility index (Phi) is 10.0. The van der Waals surface area contributed by atoms with Crippen LogP contribution in [0.4, 0.5) is 17.6 Å². The van der Waals surface area contributed by atoms with Gasteiger partial charge in [-0.05, 0) is 35.9 Å². The smallest absolute Gasteiger partial charge is 0.490 e. The Morgan fingerprint density at radius 1 is 1.09 bits per heavy atom. The highest BCUT2D eigenvalue weighted by atomic mass is 19.4. The predicted molar refractivity (Wildman–Crippen MR) is 117 cm³/mol. The van der Waals surface area contributed by atoms with Crippen molar-refractivity contribution in [3.63, 3.8) is 0 Å². The first kappa shape index (κ1) is 27.6. The van der Waals surface area contributed by atoms with Crippen LogP contribution in [-0.2, 0) is 16.1 Å². The van der Waals surface area contributed by atoms with Crippen LogP contribution in [0.2, 0.25) is 0 Å². The van der Waals surface area contributed by atoms with Crippen LogP contribution >= 0.6 is 0 Å². The molecule has 0 bridgehead atoms. The number of ether oxygens (including phenoxy) is 1. The number of nitrogens with one attached hydrogen (secondary N) is 1. The molecule has 0 spiro atoms. The zero-order chi connectivity index (χ0) is 26.0. The summed E-state index contributed by atoms with van der Waals surface area (Å²) in [7, 11) is 1.54. The molecule has 1 aliphatic rings. The number of methoxy groups -OCH3 is 1. The Bertz CT molecular complexity index is 1010. The molecule has 1 fully saturated rings. The quantitative estimate of drug-likeness (QED) is 0.593. The number of carbonyl (C=O) groups is 3. The van der Waals surface area contributed by atoms with Crippen molar-refractivity contribution in [2.45, 2.75) is 12.7 Å². The number of alkyl halides is 3. The Hall–Kier alpha value is -3.67. The fourth-order valence-corrected chi connectivity index (χ4v) is 3.13. The third-order valence-electron chi connectivity index (χ3n) is 4.93. The number of halogens is 4. The largest absolute Gasteiger partial charge is 0.497 e. The molecule has 1 aliphatic heterocycles. The van der Waals surface area contributed by atoms with E-state index in [0.717, 1.165) is 18.7 Å².